The van der Waals surface area contributed by atoms with Gasteiger partial charge in [-0.2, -0.15) is 0 Å². The van der Waals surface area contributed by atoms with E-state index in [0.717, 1.165) is 17.1 Å². The van der Waals surface area contributed by atoms with Crippen molar-refractivity contribution in [1.29, 1.82) is 0 Å². The molecule has 0 radical (unpaired) electrons. The van der Waals surface area contributed by atoms with Crippen LogP contribution >= 0.6 is 12.4 Å². The van der Waals surface area contributed by atoms with E-state index >= 15 is 0 Å². The van der Waals surface area contributed by atoms with Crippen LogP contribution in [0.25, 0.3) is 0 Å². The highest BCUT2D eigenvalue weighted by Gasteiger charge is 2.06. The molecule has 0 aliphatic heterocycles. The molecule has 2 aromatic carbocycles. The van der Waals surface area contributed by atoms with E-state index in [9.17, 15) is 0 Å². The van der Waals surface area contributed by atoms with Crippen molar-refractivity contribution in [2.45, 2.75) is 6.92 Å². The number of hydrogen-bond donors (Lipinski definition) is 0. The zero-order valence-electron chi connectivity index (χ0n) is 12.7. The highest BCUT2D eigenvalue weighted by molar-refractivity contribution is 5.85. The van der Waals surface area contributed by atoms with E-state index in [-0.39, 0.29) is 12.4 Å². The number of halogens is 1. The van der Waals surface area contributed by atoms with Crippen LogP contribution in [-0.4, -0.2) is 27.3 Å². The van der Waals surface area contributed by atoms with Gasteiger partial charge in [0, 0.05) is 25.3 Å². The third kappa shape index (κ3) is 4.87. The van der Waals surface area contributed by atoms with Gasteiger partial charge in [0.15, 0.2) is 0 Å². The summed E-state index contributed by atoms with van der Waals surface area (Å²) in [5, 5.41) is 0. The van der Waals surface area contributed by atoms with Gasteiger partial charge in [0.1, 0.15) is 24.7 Å². The summed E-state index contributed by atoms with van der Waals surface area (Å²) in [5.41, 5.74) is 2.32. The smallest absolute Gasteiger partial charge is 0.124 e. The Morgan fingerprint density at radius 2 is 1.52 bits per heavy atom. The second-order valence-electron chi connectivity index (χ2n) is 4.80. The molecule has 0 aliphatic carbocycles. The predicted octanol–water partition coefficient (Wildman–Crippen LogP) is 3.94. The van der Waals surface area contributed by atoms with E-state index in [4.69, 9.17) is 9.47 Å². The minimum atomic E-state index is 0. The van der Waals surface area contributed by atoms with Crippen molar-refractivity contribution in [2.75, 3.05) is 32.2 Å². The van der Waals surface area contributed by atoms with Gasteiger partial charge in [0.25, 0.3) is 0 Å². The molecule has 0 saturated heterocycles. The summed E-state index contributed by atoms with van der Waals surface area (Å²) >= 11 is 0. The first-order chi connectivity index (χ1) is 9.68. The Morgan fingerprint density at radius 1 is 0.857 bits per heavy atom. The molecule has 0 amide bonds. The van der Waals surface area contributed by atoms with Gasteiger partial charge < -0.3 is 14.4 Å². The van der Waals surface area contributed by atoms with Gasteiger partial charge in [0.2, 0.25) is 0 Å². The normalized spacial score (nSPS) is 9.67. The molecule has 114 valence electrons. The van der Waals surface area contributed by atoms with Crippen LogP contribution in [0.1, 0.15) is 5.56 Å². The number of nitrogens with zero attached hydrogens (tertiary/aromatic N) is 1. The van der Waals surface area contributed by atoms with Gasteiger partial charge in [-0.1, -0.05) is 24.3 Å². The quantitative estimate of drug-likeness (QED) is 0.755. The number of benzene rings is 2. The fourth-order valence-electron chi connectivity index (χ4n) is 2.07. The van der Waals surface area contributed by atoms with Crippen LogP contribution in [0.5, 0.6) is 11.5 Å². The predicted molar refractivity (Wildman–Crippen MR) is 90.2 cm³/mol. The molecule has 21 heavy (non-hydrogen) atoms. The van der Waals surface area contributed by atoms with Crippen molar-refractivity contribution in [1.82, 2.24) is 0 Å². The standard InChI is InChI=1S/C17H21NO2.ClH/c1-14-16(18(2)3)10-7-11-17(14)20-13-12-19-15-8-5-4-6-9-15;/h4-11H,12-13H2,1-3H3;1H. The topological polar surface area (TPSA) is 21.7 Å². The second-order valence-corrected chi connectivity index (χ2v) is 4.80. The van der Waals surface area contributed by atoms with Crippen LogP contribution < -0.4 is 14.4 Å². The summed E-state index contributed by atoms with van der Waals surface area (Å²) in [6, 6.07) is 15.9. The van der Waals surface area contributed by atoms with Crippen LogP contribution in [0.4, 0.5) is 5.69 Å². The molecular formula is C17H22ClNO2. The molecule has 0 spiro atoms. The lowest BCUT2D eigenvalue weighted by molar-refractivity contribution is 0.216. The number of ether oxygens (including phenoxy) is 2. The molecule has 0 saturated carbocycles. The lowest BCUT2D eigenvalue weighted by Gasteiger charge is -2.18. The van der Waals surface area contributed by atoms with Crippen molar-refractivity contribution >= 4 is 18.1 Å². The molecule has 0 N–H and O–H groups in total. The van der Waals surface area contributed by atoms with Crippen molar-refractivity contribution < 1.29 is 9.47 Å². The Morgan fingerprint density at radius 3 is 2.19 bits per heavy atom. The zero-order chi connectivity index (χ0) is 14.4. The summed E-state index contributed by atoms with van der Waals surface area (Å²) in [7, 11) is 4.06. The number of rotatable bonds is 6. The highest BCUT2D eigenvalue weighted by Crippen LogP contribution is 2.27. The minimum Gasteiger partial charge on any atom is -0.490 e. The molecule has 0 unspecified atom stereocenters. The summed E-state index contributed by atoms with van der Waals surface area (Å²) in [6.45, 7) is 3.14. The fraction of sp³-hybridized carbons (Fsp3) is 0.294. The number of para-hydroxylation sites is 1. The number of hydrogen-bond acceptors (Lipinski definition) is 3. The average Bonchev–Trinajstić information content (AvgIpc) is 2.46. The van der Waals surface area contributed by atoms with Crippen LogP contribution in [0.15, 0.2) is 48.5 Å². The maximum Gasteiger partial charge on any atom is 0.124 e. The molecule has 0 bridgehead atoms. The van der Waals surface area contributed by atoms with Gasteiger partial charge in [-0.15, -0.1) is 12.4 Å². The lowest BCUT2D eigenvalue weighted by Crippen LogP contribution is -2.13. The van der Waals surface area contributed by atoms with Gasteiger partial charge in [-0.05, 0) is 31.2 Å². The van der Waals surface area contributed by atoms with Gasteiger partial charge in [-0.3, -0.25) is 0 Å². The summed E-state index contributed by atoms with van der Waals surface area (Å²) < 4.78 is 11.4. The molecule has 0 fully saturated rings. The van der Waals surface area contributed by atoms with E-state index in [0.29, 0.717) is 13.2 Å². The summed E-state index contributed by atoms with van der Waals surface area (Å²) in [6.07, 6.45) is 0. The number of anilines is 1. The SMILES string of the molecule is Cc1c(OCCOc2ccccc2)cccc1N(C)C.Cl. The van der Waals surface area contributed by atoms with Crippen molar-refractivity contribution in [3.05, 3.63) is 54.1 Å². The molecule has 0 heterocycles. The molecule has 0 atom stereocenters. The molecular weight excluding hydrogens is 286 g/mol. The molecule has 4 heteroatoms. The Kier molecular flexibility index (Phi) is 6.89. The Bertz CT molecular complexity index is 544. The third-order valence-corrected chi connectivity index (χ3v) is 3.09. The Labute approximate surface area is 132 Å². The maximum absolute atomic E-state index is 5.80. The third-order valence-electron chi connectivity index (χ3n) is 3.09. The van der Waals surface area contributed by atoms with Gasteiger partial charge in [0.05, 0.1) is 0 Å². The van der Waals surface area contributed by atoms with Crippen LogP contribution in [-0.2, 0) is 0 Å². The van der Waals surface area contributed by atoms with Crippen LogP contribution in [0.3, 0.4) is 0 Å². The first-order valence-corrected chi connectivity index (χ1v) is 6.76. The summed E-state index contributed by atoms with van der Waals surface area (Å²) in [5.74, 6) is 1.78. The Hall–Kier alpha value is -1.87. The monoisotopic (exact) mass is 307 g/mol. The average molecular weight is 308 g/mol. The van der Waals surface area contributed by atoms with E-state index in [2.05, 4.69) is 17.9 Å². The van der Waals surface area contributed by atoms with E-state index in [1.54, 1.807) is 0 Å². The van der Waals surface area contributed by atoms with E-state index in [1.165, 1.54) is 5.69 Å². The van der Waals surface area contributed by atoms with E-state index < -0.39 is 0 Å². The van der Waals surface area contributed by atoms with Crippen LogP contribution in [0, 0.1) is 6.92 Å². The van der Waals surface area contributed by atoms with Crippen molar-refractivity contribution in [3.8, 4) is 11.5 Å². The Balaban J connectivity index is 0.00000220. The van der Waals surface area contributed by atoms with Crippen molar-refractivity contribution in [2.24, 2.45) is 0 Å². The van der Waals surface area contributed by atoms with Crippen molar-refractivity contribution in [3.63, 3.8) is 0 Å². The molecule has 0 aromatic heterocycles. The molecule has 2 aromatic rings. The maximum atomic E-state index is 5.80. The first-order valence-electron chi connectivity index (χ1n) is 6.76. The van der Waals surface area contributed by atoms with Gasteiger partial charge >= 0.3 is 0 Å². The van der Waals surface area contributed by atoms with Crippen LogP contribution in [0.2, 0.25) is 0 Å². The largest absolute Gasteiger partial charge is 0.490 e. The first kappa shape index (κ1) is 17.2. The molecule has 0 aliphatic rings. The summed E-state index contributed by atoms with van der Waals surface area (Å²) in [4.78, 5) is 2.09. The van der Waals surface area contributed by atoms with E-state index in [1.807, 2.05) is 56.6 Å². The lowest BCUT2D eigenvalue weighted by atomic mass is 10.1. The molecule has 2 rings (SSSR count). The van der Waals surface area contributed by atoms with Gasteiger partial charge in [-0.25, -0.2) is 0 Å². The fourth-order valence-corrected chi connectivity index (χ4v) is 2.07. The highest BCUT2D eigenvalue weighted by atomic mass is 35.5. The second kappa shape index (κ2) is 8.42. The zero-order valence-corrected chi connectivity index (χ0v) is 13.5. The molecule has 3 nitrogen and oxygen atoms in total. The minimum absolute atomic E-state index is 0.